The predicted octanol–water partition coefficient (Wildman–Crippen LogP) is 2.30. The van der Waals surface area contributed by atoms with Crippen molar-refractivity contribution in [1.29, 1.82) is 0 Å². The van der Waals surface area contributed by atoms with Crippen molar-refractivity contribution in [2.45, 2.75) is 52.4 Å². The Kier molecular flexibility index (Phi) is 4.89. The molecule has 0 unspecified atom stereocenters. The third-order valence-electron chi connectivity index (χ3n) is 4.30. The van der Waals surface area contributed by atoms with Gasteiger partial charge >= 0.3 is 0 Å². The van der Waals surface area contributed by atoms with Crippen LogP contribution >= 0.6 is 0 Å². The minimum absolute atomic E-state index is 0.237. The van der Waals surface area contributed by atoms with Crippen molar-refractivity contribution in [2.75, 3.05) is 26.7 Å². The van der Waals surface area contributed by atoms with Crippen molar-refractivity contribution >= 4 is 0 Å². The fourth-order valence-corrected chi connectivity index (χ4v) is 2.66. The molecule has 114 valence electrons. The van der Waals surface area contributed by atoms with Gasteiger partial charge in [0.1, 0.15) is 5.76 Å². The quantitative estimate of drug-likeness (QED) is 0.896. The normalized spacial score (nSPS) is 20.7. The van der Waals surface area contributed by atoms with Gasteiger partial charge in [0.05, 0.1) is 12.8 Å². The Morgan fingerprint density at radius 1 is 1.35 bits per heavy atom. The van der Waals surface area contributed by atoms with E-state index >= 15 is 0 Å². The molecule has 0 bridgehead atoms. The van der Waals surface area contributed by atoms with Crippen LogP contribution in [0.4, 0.5) is 0 Å². The second-order valence-electron chi connectivity index (χ2n) is 6.85. The Balaban J connectivity index is 1.95. The molecule has 0 aromatic carbocycles. The Morgan fingerprint density at radius 2 is 2.10 bits per heavy atom. The van der Waals surface area contributed by atoms with E-state index in [2.05, 4.69) is 55.9 Å². The first-order chi connectivity index (χ1) is 9.38. The lowest BCUT2D eigenvalue weighted by Gasteiger charge is -2.45. The number of nitrogens with one attached hydrogen (secondary N) is 1. The van der Waals surface area contributed by atoms with Crippen molar-refractivity contribution in [2.24, 2.45) is 0 Å². The van der Waals surface area contributed by atoms with Crippen LogP contribution in [0.3, 0.4) is 0 Å². The highest BCUT2D eigenvalue weighted by Gasteiger charge is 2.31. The van der Waals surface area contributed by atoms with Crippen molar-refractivity contribution in [3.63, 3.8) is 0 Å². The molecule has 0 saturated carbocycles. The van der Waals surface area contributed by atoms with E-state index in [9.17, 15) is 0 Å². The molecule has 0 atom stereocenters. The smallest absolute Gasteiger partial charge is 0.122 e. The molecule has 4 nitrogen and oxygen atoms in total. The highest BCUT2D eigenvalue weighted by molar-refractivity contribution is 5.17. The highest BCUT2D eigenvalue weighted by Crippen LogP contribution is 2.22. The fraction of sp³-hybridized carbons (Fsp3) is 0.750. The molecule has 0 radical (unpaired) electrons. The molecular formula is C16H29N3O. The van der Waals surface area contributed by atoms with E-state index in [0.717, 1.165) is 38.5 Å². The SMILES string of the molecule is CC(C)NCc1ccoc1CN1CCN(C)C(C)(C)C1. The summed E-state index contributed by atoms with van der Waals surface area (Å²) in [5, 5.41) is 3.46. The standard InChI is InChI=1S/C16H29N3O/c1-13(2)17-10-14-6-9-20-15(14)11-19-8-7-18(5)16(3,4)12-19/h6,9,13,17H,7-8,10-12H2,1-5H3. The summed E-state index contributed by atoms with van der Waals surface area (Å²) in [7, 11) is 2.21. The maximum atomic E-state index is 5.70. The molecule has 2 heterocycles. The minimum Gasteiger partial charge on any atom is -0.468 e. The van der Waals surface area contributed by atoms with E-state index in [0.29, 0.717) is 6.04 Å². The lowest BCUT2D eigenvalue weighted by Crippen LogP contribution is -2.57. The summed E-state index contributed by atoms with van der Waals surface area (Å²) in [6, 6.07) is 2.59. The molecule has 20 heavy (non-hydrogen) atoms. The second kappa shape index (κ2) is 6.29. The lowest BCUT2D eigenvalue weighted by atomic mass is 9.99. The van der Waals surface area contributed by atoms with Crippen LogP contribution < -0.4 is 5.32 Å². The van der Waals surface area contributed by atoms with Crippen LogP contribution in [0.25, 0.3) is 0 Å². The third-order valence-corrected chi connectivity index (χ3v) is 4.30. The Bertz CT molecular complexity index is 425. The van der Waals surface area contributed by atoms with E-state index in [1.807, 2.05) is 6.26 Å². The predicted molar refractivity (Wildman–Crippen MR) is 82.7 cm³/mol. The van der Waals surface area contributed by atoms with Gasteiger partial charge < -0.3 is 9.73 Å². The zero-order valence-corrected chi connectivity index (χ0v) is 13.6. The molecule has 1 aliphatic heterocycles. The fourth-order valence-electron chi connectivity index (χ4n) is 2.66. The molecular weight excluding hydrogens is 250 g/mol. The van der Waals surface area contributed by atoms with Gasteiger partial charge in [0.2, 0.25) is 0 Å². The molecule has 0 aliphatic carbocycles. The highest BCUT2D eigenvalue weighted by atomic mass is 16.3. The number of rotatable bonds is 5. The zero-order chi connectivity index (χ0) is 14.8. The van der Waals surface area contributed by atoms with Gasteiger partial charge in [-0.1, -0.05) is 13.8 Å². The van der Waals surface area contributed by atoms with Crippen molar-refractivity contribution in [3.05, 3.63) is 23.7 Å². The Morgan fingerprint density at radius 3 is 2.75 bits per heavy atom. The summed E-state index contributed by atoms with van der Waals surface area (Å²) >= 11 is 0. The van der Waals surface area contributed by atoms with Crippen LogP contribution in [0.15, 0.2) is 16.7 Å². The van der Waals surface area contributed by atoms with E-state index in [1.54, 1.807) is 0 Å². The van der Waals surface area contributed by atoms with Gasteiger partial charge in [-0.2, -0.15) is 0 Å². The van der Waals surface area contributed by atoms with Crippen LogP contribution in [-0.2, 0) is 13.1 Å². The number of likely N-dealkylation sites (N-methyl/N-ethyl adjacent to an activating group) is 1. The first kappa shape index (κ1) is 15.5. The summed E-state index contributed by atoms with van der Waals surface area (Å²) in [4.78, 5) is 4.94. The van der Waals surface area contributed by atoms with Crippen LogP contribution in [0.2, 0.25) is 0 Å². The molecule has 1 N–H and O–H groups in total. The Hall–Kier alpha value is -0.840. The topological polar surface area (TPSA) is 31.7 Å². The second-order valence-corrected chi connectivity index (χ2v) is 6.85. The monoisotopic (exact) mass is 279 g/mol. The molecule has 1 fully saturated rings. The van der Waals surface area contributed by atoms with Gasteiger partial charge in [0.15, 0.2) is 0 Å². The van der Waals surface area contributed by atoms with Gasteiger partial charge in [-0.25, -0.2) is 0 Å². The lowest BCUT2D eigenvalue weighted by molar-refractivity contribution is 0.0326. The first-order valence-corrected chi connectivity index (χ1v) is 7.61. The van der Waals surface area contributed by atoms with Crippen LogP contribution in [0.5, 0.6) is 0 Å². The van der Waals surface area contributed by atoms with Gasteiger partial charge in [-0.3, -0.25) is 9.80 Å². The van der Waals surface area contributed by atoms with E-state index in [-0.39, 0.29) is 5.54 Å². The van der Waals surface area contributed by atoms with Gasteiger partial charge in [0, 0.05) is 43.3 Å². The number of piperazine rings is 1. The Labute approximate surface area is 123 Å². The number of hydrogen-bond acceptors (Lipinski definition) is 4. The summed E-state index contributed by atoms with van der Waals surface area (Å²) in [5.41, 5.74) is 1.52. The zero-order valence-electron chi connectivity index (χ0n) is 13.6. The van der Waals surface area contributed by atoms with Crippen molar-refractivity contribution < 1.29 is 4.42 Å². The molecule has 1 aromatic rings. The molecule has 2 rings (SSSR count). The molecule has 1 saturated heterocycles. The summed E-state index contributed by atoms with van der Waals surface area (Å²) < 4.78 is 5.70. The van der Waals surface area contributed by atoms with Crippen LogP contribution in [-0.4, -0.2) is 48.1 Å². The van der Waals surface area contributed by atoms with E-state index < -0.39 is 0 Å². The third kappa shape index (κ3) is 3.84. The largest absolute Gasteiger partial charge is 0.468 e. The maximum Gasteiger partial charge on any atom is 0.122 e. The molecule has 4 heteroatoms. The summed E-state index contributed by atoms with van der Waals surface area (Å²) in [6.45, 7) is 14.1. The summed E-state index contributed by atoms with van der Waals surface area (Å²) in [6.07, 6.45) is 1.81. The van der Waals surface area contributed by atoms with Crippen molar-refractivity contribution in [1.82, 2.24) is 15.1 Å². The summed E-state index contributed by atoms with van der Waals surface area (Å²) in [5.74, 6) is 1.11. The van der Waals surface area contributed by atoms with Gasteiger partial charge in [-0.15, -0.1) is 0 Å². The van der Waals surface area contributed by atoms with Crippen molar-refractivity contribution in [3.8, 4) is 0 Å². The molecule has 0 spiro atoms. The average Bonchev–Trinajstić information content (AvgIpc) is 2.78. The number of furan rings is 1. The molecule has 0 amide bonds. The van der Waals surface area contributed by atoms with Gasteiger partial charge in [0.25, 0.3) is 0 Å². The van der Waals surface area contributed by atoms with E-state index in [4.69, 9.17) is 4.42 Å². The van der Waals surface area contributed by atoms with E-state index in [1.165, 1.54) is 5.56 Å². The van der Waals surface area contributed by atoms with Crippen LogP contribution in [0.1, 0.15) is 39.0 Å². The minimum atomic E-state index is 0.237. The number of nitrogens with zero attached hydrogens (tertiary/aromatic N) is 2. The van der Waals surface area contributed by atoms with Gasteiger partial charge in [-0.05, 0) is 27.0 Å². The first-order valence-electron chi connectivity index (χ1n) is 7.61. The molecule has 1 aromatic heterocycles. The molecule has 1 aliphatic rings. The van der Waals surface area contributed by atoms with Crippen LogP contribution in [0, 0.1) is 0 Å². The average molecular weight is 279 g/mol. The maximum absolute atomic E-state index is 5.70. The number of hydrogen-bond donors (Lipinski definition) is 1.